The fraction of sp³-hybridized carbons (Fsp3) is 0.174. The van der Waals surface area contributed by atoms with Gasteiger partial charge >= 0.3 is 0 Å². The Balaban J connectivity index is 1.60. The Kier molecular flexibility index (Phi) is 7.71. The number of hydrogen-bond acceptors (Lipinski definition) is 4. The number of hydrogen-bond donors (Lipinski definition) is 1. The summed E-state index contributed by atoms with van der Waals surface area (Å²) >= 11 is 5.80. The van der Waals surface area contributed by atoms with E-state index < -0.39 is 15.8 Å². The summed E-state index contributed by atoms with van der Waals surface area (Å²) in [5.74, 6) is -0.170. The van der Waals surface area contributed by atoms with E-state index in [1.807, 2.05) is 30.3 Å². The highest BCUT2D eigenvalue weighted by atomic mass is 35.5. The molecule has 0 aliphatic heterocycles. The third-order valence-electron chi connectivity index (χ3n) is 4.53. The highest BCUT2D eigenvalue weighted by Crippen LogP contribution is 2.26. The van der Waals surface area contributed by atoms with Crippen LogP contribution in [-0.4, -0.2) is 33.7 Å². The topological polar surface area (TPSA) is 75.7 Å². The zero-order valence-electron chi connectivity index (χ0n) is 17.3. The van der Waals surface area contributed by atoms with Gasteiger partial charge in [-0.25, -0.2) is 12.8 Å². The summed E-state index contributed by atoms with van der Waals surface area (Å²) in [5, 5.41) is 2.60. The Morgan fingerprint density at radius 1 is 1.06 bits per heavy atom. The molecule has 0 saturated heterocycles. The largest absolute Gasteiger partial charge is 0.492 e. The fourth-order valence-corrected chi connectivity index (χ4v) is 3.97. The number of ether oxygens (including phenoxy) is 1. The lowest BCUT2D eigenvalue weighted by Gasteiger charge is -2.23. The average Bonchev–Trinajstić information content (AvgIpc) is 2.77. The maximum Gasteiger partial charge on any atom is 0.251 e. The molecule has 0 atom stereocenters. The van der Waals surface area contributed by atoms with E-state index in [-0.39, 0.29) is 23.2 Å². The van der Waals surface area contributed by atoms with Crippen LogP contribution in [0, 0.1) is 5.82 Å². The second-order valence-corrected chi connectivity index (χ2v) is 9.30. The van der Waals surface area contributed by atoms with E-state index in [0.29, 0.717) is 24.3 Å². The number of nitrogens with one attached hydrogen (secondary N) is 1. The predicted molar refractivity (Wildman–Crippen MR) is 123 cm³/mol. The van der Waals surface area contributed by atoms with Gasteiger partial charge < -0.3 is 10.1 Å². The Morgan fingerprint density at radius 2 is 1.75 bits per heavy atom. The zero-order valence-corrected chi connectivity index (χ0v) is 18.9. The molecule has 32 heavy (non-hydrogen) atoms. The number of carbonyl (C=O) groups excluding carboxylic acids is 1. The molecule has 0 fully saturated rings. The van der Waals surface area contributed by atoms with Gasteiger partial charge in [0.25, 0.3) is 5.91 Å². The lowest BCUT2D eigenvalue weighted by atomic mass is 10.1. The molecule has 3 aromatic rings. The molecule has 0 bridgehead atoms. The highest BCUT2D eigenvalue weighted by molar-refractivity contribution is 7.92. The van der Waals surface area contributed by atoms with Crippen molar-refractivity contribution in [1.82, 2.24) is 5.32 Å². The second-order valence-electron chi connectivity index (χ2n) is 6.98. The van der Waals surface area contributed by atoms with Gasteiger partial charge in [0.05, 0.1) is 30.1 Å². The smallest absolute Gasteiger partial charge is 0.251 e. The molecule has 6 nitrogen and oxygen atoms in total. The standard InChI is InChI=1S/C23H22ClFN2O4S/c1-32(29,30)27(19-11-12-22(25)21(24)15-19)16-17-7-9-18(10-8-17)23(28)26-13-14-31-20-5-3-2-4-6-20/h2-12,15H,13-14,16H2,1H3,(H,26,28). The van der Waals surface area contributed by atoms with Gasteiger partial charge in [-0.3, -0.25) is 9.10 Å². The molecule has 0 aromatic heterocycles. The van der Waals surface area contributed by atoms with Crippen LogP contribution in [0.5, 0.6) is 5.75 Å². The van der Waals surface area contributed by atoms with E-state index in [9.17, 15) is 17.6 Å². The maximum atomic E-state index is 13.5. The summed E-state index contributed by atoms with van der Waals surface area (Å²) in [6, 6.07) is 19.6. The molecule has 0 aliphatic rings. The van der Waals surface area contributed by atoms with Crippen molar-refractivity contribution in [2.45, 2.75) is 6.54 Å². The molecule has 0 radical (unpaired) electrons. The highest BCUT2D eigenvalue weighted by Gasteiger charge is 2.19. The van der Waals surface area contributed by atoms with Crippen molar-refractivity contribution in [2.75, 3.05) is 23.7 Å². The quantitative estimate of drug-likeness (QED) is 0.468. The first-order valence-corrected chi connectivity index (χ1v) is 11.9. The van der Waals surface area contributed by atoms with Crippen LogP contribution in [-0.2, 0) is 16.6 Å². The van der Waals surface area contributed by atoms with E-state index in [0.717, 1.165) is 22.4 Å². The molecule has 0 heterocycles. The summed E-state index contributed by atoms with van der Waals surface area (Å²) in [5.41, 5.74) is 1.34. The summed E-state index contributed by atoms with van der Waals surface area (Å²) < 4.78 is 44.7. The first kappa shape index (κ1) is 23.6. The Bertz CT molecular complexity index is 1170. The van der Waals surface area contributed by atoms with Gasteiger partial charge in [-0.2, -0.15) is 0 Å². The third-order valence-corrected chi connectivity index (χ3v) is 5.96. The molecular formula is C23H22ClFN2O4S. The third kappa shape index (κ3) is 6.45. The second kappa shape index (κ2) is 10.5. The van der Waals surface area contributed by atoms with Crippen molar-refractivity contribution < 1.29 is 22.3 Å². The van der Waals surface area contributed by atoms with E-state index in [1.54, 1.807) is 24.3 Å². The minimum absolute atomic E-state index is 0.00755. The van der Waals surface area contributed by atoms with E-state index in [2.05, 4.69) is 5.32 Å². The Labute approximate surface area is 191 Å². The van der Waals surface area contributed by atoms with Gasteiger partial charge in [0.15, 0.2) is 0 Å². The lowest BCUT2D eigenvalue weighted by Crippen LogP contribution is -2.29. The minimum Gasteiger partial charge on any atom is -0.492 e. The van der Waals surface area contributed by atoms with Crippen LogP contribution in [0.2, 0.25) is 5.02 Å². The monoisotopic (exact) mass is 476 g/mol. The number of carbonyl (C=O) groups is 1. The molecule has 3 rings (SSSR count). The SMILES string of the molecule is CS(=O)(=O)N(Cc1ccc(C(=O)NCCOc2ccccc2)cc1)c1ccc(F)c(Cl)c1. The van der Waals surface area contributed by atoms with E-state index in [1.165, 1.54) is 12.1 Å². The van der Waals surface area contributed by atoms with Crippen LogP contribution in [0.25, 0.3) is 0 Å². The number of para-hydroxylation sites is 1. The molecule has 0 aliphatic carbocycles. The van der Waals surface area contributed by atoms with E-state index >= 15 is 0 Å². The van der Waals surface area contributed by atoms with E-state index in [4.69, 9.17) is 16.3 Å². The minimum atomic E-state index is -3.65. The Morgan fingerprint density at radius 3 is 2.38 bits per heavy atom. The number of rotatable bonds is 9. The van der Waals surface area contributed by atoms with Crippen molar-refractivity contribution in [1.29, 1.82) is 0 Å². The van der Waals surface area contributed by atoms with Gasteiger partial charge in [-0.15, -0.1) is 0 Å². The van der Waals surface area contributed by atoms with Crippen LogP contribution in [0.15, 0.2) is 72.8 Å². The van der Waals surface area contributed by atoms with Crippen LogP contribution in [0.3, 0.4) is 0 Å². The molecule has 9 heteroatoms. The number of benzene rings is 3. The van der Waals surface area contributed by atoms with Crippen molar-refractivity contribution in [3.05, 3.63) is 94.8 Å². The number of anilines is 1. The van der Waals surface area contributed by atoms with Gasteiger partial charge in [0, 0.05) is 5.56 Å². The van der Waals surface area contributed by atoms with Crippen molar-refractivity contribution in [3.63, 3.8) is 0 Å². The fourth-order valence-electron chi connectivity index (χ4n) is 2.92. The van der Waals surface area contributed by atoms with Gasteiger partial charge in [0.1, 0.15) is 18.2 Å². The van der Waals surface area contributed by atoms with Gasteiger partial charge in [-0.1, -0.05) is 41.9 Å². The molecular weight excluding hydrogens is 455 g/mol. The van der Waals surface area contributed by atoms with Crippen LogP contribution in [0.4, 0.5) is 10.1 Å². The summed E-state index contributed by atoms with van der Waals surface area (Å²) in [6.45, 7) is 0.674. The lowest BCUT2D eigenvalue weighted by molar-refractivity contribution is 0.0947. The number of nitrogens with zero attached hydrogens (tertiary/aromatic N) is 1. The molecule has 0 unspecified atom stereocenters. The normalized spacial score (nSPS) is 11.1. The van der Waals surface area contributed by atoms with Gasteiger partial charge in [0.2, 0.25) is 10.0 Å². The van der Waals surface area contributed by atoms with Crippen molar-refractivity contribution >= 4 is 33.2 Å². The first-order chi connectivity index (χ1) is 15.2. The molecule has 0 saturated carbocycles. The van der Waals surface area contributed by atoms with Crippen LogP contribution >= 0.6 is 11.6 Å². The number of sulfonamides is 1. The summed E-state index contributed by atoms with van der Waals surface area (Å²) in [7, 11) is -3.65. The molecule has 1 N–H and O–H groups in total. The number of amides is 1. The van der Waals surface area contributed by atoms with Gasteiger partial charge in [-0.05, 0) is 48.0 Å². The average molecular weight is 477 g/mol. The van der Waals surface area contributed by atoms with Crippen molar-refractivity contribution in [3.8, 4) is 5.75 Å². The number of halogens is 2. The molecule has 3 aromatic carbocycles. The molecule has 0 spiro atoms. The Hall–Kier alpha value is -3.10. The molecule has 168 valence electrons. The first-order valence-electron chi connectivity index (χ1n) is 9.72. The summed E-state index contributed by atoms with van der Waals surface area (Å²) in [6.07, 6.45) is 1.06. The van der Waals surface area contributed by atoms with Crippen LogP contribution in [0.1, 0.15) is 15.9 Å². The van der Waals surface area contributed by atoms with Crippen LogP contribution < -0.4 is 14.4 Å². The summed E-state index contributed by atoms with van der Waals surface area (Å²) in [4.78, 5) is 12.3. The predicted octanol–water partition coefficient (Wildman–Crippen LogP) is 4.25. The van der Waals surface area contributed by atoms with Crippen molar-refractivity contribution in [2.24, 2.45) is 0 Å². The molecule has 1 amide bonds. The maximum absolute atomic E-state index is 13.5. The zero-order chi connectivity index (χ0) is 23.1.